The van der Waals surface area contributed by atoms with Crippen LogP contribution in [0.3, 0.4) is 0 Å². The van der Waals surface area contributed by atoms with Crippen LogP contribution in [-0.2, 0) is 11.3 Å². The first kappa shape index (κ1) is 27.5. The fourth-order valence-electron chi connectivity index (χ4n) is 6.11. The average Bonchev–Trinajstić information content (AvgIpc) is 3.23. The Kier molecular flexibility index (Phi) is 8.72. The van der Waals surface area contributed by atoms with Crippen LogP contribution < -0.4 is 15.5 Å². The zero-order valence-electron chi connectivity index (χ0n) is 24.0. The molecule has 3 aromatic rings. The van der Waals surface area contributed by atoms with Gasteiger partial charge < -0.3 is 24.8 Å². The van der Waals surface area contributed by atoms with Gasteiger partial charge in [0.1, 0.15) is 5.82 Å². The molecular weight excluding hydrogens is 488 g/mol. The minimum Gasteiger partial charge on any atom is -0.379 e. The third kappa shape index (κ3) is 6.56. The molecule has 8 heteroatoms. The summed E-state index contributed by atoms with van der Waals surface area (Å²) in [6.07, 6.45) is 5.04. The van der Waals surface area contributed by atoms with E-state index in [1.807, 2.05) is 6.07 Å². The van der Waals surface area contributed by atoms with Crippen molar-refractivity contribution < 1.29 is 9.53 Å². The Labute approximate surface area is 232 Å². The molecule has 1 aromatic carbocycles. The third-order valence-electron chi connectivity index (χ3n) is 8.37. The maximum Gasteiger partial charge on any atom is 0.253 e. The van der Waals surface area contributed by atoms with Gasteiger partial charge >= 0.3 is 0 Å². The van der Waals surface area contributed by atoms with Crippen LogP contribution >= 0.6 is 0 Å². The van der Waals surface area contributed by atoms with Crippen LogP contribution in [0.25, 0.3) is 10.9 Å². The molecule has 1 amide bonds. The molecule has 0 radical (unpaired) electrons. The number of benzene rings is 1. The van der Waals surface area contributed by atoms with E-state index in [4.69, 9.17) is 9.72 Å². The van der Waals surface area contributed by atoms with Crippen molar-refractivity contribution in [2.75, 3.05) is 57.2 Å². The second kappa shape index (κ2) is 12.4. The number of aromatic nitrogens is 2. The monoisotopic (exact) mass is 532 g/mol. The second-order valence-electron chi connectivity index (χ2n) is 11.3. The summed E-state index contributed by atoms with van der Waals surface area (Å²) in [6, 6.07) is 13.1. The summed E-state index contributed by atoms with van der Waals surface area (Å²) in [7, 11) is 4.14. The number of fused-ring (bicyclic) bond motifs is 1. The van der Waals surface area contributed by atoms with Gasteiger partial charge in [-0.2, -0.15) is 0 Å². The van der Waals surface area contributed by atoms with Crippen molar-refractivity contribution in [1.82, 2.24) is 19.8 Å². The van der Waals surface area contributed by atoms with Gasteiger partial charge in [0.2, 0.25) is 0 Å². The number of anilines is 2. The molecule has 3 heterocycles. The van der Waals surface area contributed by atoms with Crippen LogP contribution in [0.15, 0.2) is 36.4 Å². The van der Waals surface area contributed by atoms with E-state index < -0.39 is 0 Å². The van der Waals surface area contributed by atoms with Gasteiger partial charge in [0.05, 0.1) is 24.3 Å². The Bertz CT molecular complexity index is 1270. The molecule has 8 nitrogen and oxygen atoms in total. The van der Waals surface area contributed by atoms with E-state index in [1.54, 1.807) is 0 Å². The number of hydrogen-bond donors (Lipinski definition) is 2. The number of aryl methyl sites for hydroxylation is 1. The highest BCUT2D eigenvalue weighted by molar-refractivity contribution is 5.96. The molecule has 1 aliphatic heterocycles. The normalized spacial score (nSPS) is 20.2. The Morgan fingerprint density at radius 3 is 2.49 bits per heavy atom. The molecule has 0 spiro atoms. The molecule has 2 N–H and O–H groups in total. The highest BCUT2D eigenvalue weighted by atomic mass is 16.5. The molecule has 2 aromatic heterocycles. The van der Waals surface area contributed by atoms with Gasteiger partial charge in [-0.05, 0) is 58.1 Å². The standard InChI is InChI=1S/C31H44N6O2/c1-22-20-27(23(2)37(22)15-7-14-36-16-18-39-19-17-36)31(38)33-25-12-10-24(11-13-25)32-30-21-29(35(3)4)26-8-5-6-9-28(26)34-30/h5-6,8-9,20-21,24-25H,7,10-19H2,1-4H3,(H,32,34)(H,33,38). The topological polar surface area (TPSA) is 74.7 Å². The summed E-state index contributed by atoms with van der Waals surface area (Å²) in [5.74, 6) is 0.983. The summed E-state index contributed by atoms with van der Waals surface area (Å²) >= 11 is 0. The van der Waals surface area contributed by atoms with Gasteiger partial charge in [0.15, 0.2) is 0 Å². The summed E-state index contributed by atoms with van der Waals surface area (Å²) < 4.78 is 7.75. The predicted molar refractivity (Wildman–Crippen MR) is 159 cm³/mol. The van der Waals surface area contributed by atoms with Crippen LogP contribution in [0.4, 0.5) is 11.5 Å². The van der Waals surface area contributed by atoms with E-state index in [9.17, 15) is 4.79 Å². The summed E-state index contributed by atoms with van der Waals surface area (Å²) in [5.41, 5.74) is 5.22. The minimum absolute atomic E-state index is 0.0609. The van der Waals surface area contributed by atoms with Crippen molar-refractivity contribution in [3.05, 3.63) is 53.3 Å². The molecular formula is C31H44N6O2. The van der Waals surface area contributed by atoms with E-state index in [1.165, 1.54) is 5.69 Å². The van der Waals surface area contributed by atoms with Crippen LogP contribution in [0, 0.1) is 13.8 Å². The lowest BCUT2D eigenvalue weighted by Crippen LogP contribution is -2.40. The number of hydrogen-bond acceptors (Lipinski definition) is 6. The van der Waals surface area contributed by atoms with E-state index >= 15 is 0 Å². The molecule has 2 fully saturated rings. The van der Waals surface area contributed by atoms with Gasteiger partial charge in [-0.1, -0.05) is 18.2 Å². The van der Waals surface area contributed by atoms with Crippen LogP contribution in [0.2, 0.25) is 0 Å². The zero-order chi connectivity index (χ0) is 27.4. The van der Waals surface area contributed by atoms with Crippen molar-refractivity contribution in [2.45, 2.75) is 64.6 Å². The molecule has 0 unspecified atom stereocenters. The first-order valence-electron chi connectivity index (χ1n) is 14.5. The van der Waals surface area contributed by atoms with Gasteiger partial charge in [-0.25, -0.2) is 4.98 Å². The Morgan fingerprint density at radius 1 is 1.03 bits per heavy atom. The molecule has 1 saturated carbocycles. The van der Waals surface area contributed by atoms with Crippen molar-refractivity contribution in [3.63, 3.8) is 0 Å². The molecule has 1 saturated heterocycles. The zero-order valence-corrected chi connectivity index (χ0v) is 24.0. The Morgan fingerprint density at radius 2 is 1.74 bits per heavy atom. The van der Waals surface area contributed by atoms with E-state index in [0.29, 0.717) is 6.04 Å². The fourth-order valence-corrected chi connectivity index (χ4v) is 6.11. The number of amides is 1. The predicted octanol–water partition coefficient (Wildman–Crippen LogP) is 4.59. The number of rotatable bonds is 9. The smallest absolute Gasteiger partial charge is 0.253 e. The first-order valence-corrected chi connectivity index (χ1v) is 14.5. The number of carbonyl (C=O) groups is 1. The number of para-hydroxylation sites is 1. The number of nitrogens with one attached hydrogen (secondary N) is 2. The van der Waals surface area contributed by atoms with Crippen molar-refractivity contribution in [2.24, 2.45) is 0 Å². The van der Waals surface area contributed by atoms with Crippen molar-refractivity contribution in [3.8, 4) is 0 Å². The Balaban J connectivity index is 1.13. The van der Waals surface area contributed by atoms with Crippen molar-refractivity contribution in [1.29, 1.82) is 0 Å². The highest BCUT2D eigenvalue weighted by Crippen LogP contribution is 2.29. The first-order chi connectivity index (χ1) is 18.9. The maximum atomic E-state index is 13.2. The van der Waals surface area contributed by atoms with Crippen LogP contribution in [0.1, 0.15) is 53.8 Å². The van der Waals surface area contributed by atoms with Gasteiger partial charge in [-0.15, -0.1) is 0 Å². The van der Waals surface area contributed by atoms with Gasteiger partial charge in [0.25, 0.3) is 5.91 Å². The second-order valence-corrected chi connectivity index (χ2v) is 11.3. The summed E-state index contributed by atoms with van der Waals surface area (Å²) in [4.78, 5) is 22.7. The summed E-state index contributed by atoms with van der Waals surface area (Å²) in [6.45, 7) is 9.91. The Hall–Kier alpha value is -3.10. The number of pyridine rings is 1. The quantitative estimate of drug-likeness (QED) is 0.420. The molecule has 2 aliphatic rings. The molecule has 210 valence electrons. The van der Waals surface area contributed by atoms with E-state index in [0.717, 1.165) is 105 Å². The van der Waals surface area contributed by atoms with Crippen LogP contribution in [-0.4, -0.2) is 79.4 Å². The molecule has 5 rings (SSSR count). The van der Waals surface area contributed by atoms with Gasteiger partial charge in [0, 0.05) is 80.9 Å². The number of nitrogens with zero attached hydrogens (tertiary/aromatic N) is 4. The third-order valence-corrected chi connectivity index (χ3v) is 8.37. The maximum absolute atomic E-state index is 13.2. The van der Waals surface area contributed by atoms with Crippen molar-refractivity contribution >= 4 is 28.3 Å². The average molecular weight is 533 g/mol. The van der Waals surface area contributed by atoms with Crippen LogP contribution in [0.5, 0.6) is 0 Å². The number of carbonyl (C=O) groups excluding carboxylic acids is 1. The lowest BCUT2D eigenvalue weighted by molar-refractivity contribution is 0.0369. The summed E-state index contributed by atoms with van der Waals surface area (Å²) in [5, 5.41) is 8.17. The minimum atomic E-state index is 0.0609. The number of ether oxygens (including phenoxy) is 1. The SMILES string of the molecule is Cc1cc(C(=O)NC2CCC(Nc3cc(N(C)C)c4ccccc4n3)CC2)c(C)n1CCCN1CCOCC1. The molecule has 0 bridgehead atoms. The van der Waals surface area contributed by atoms with E-state index in [2.05, 4.69) is 83.3 Å². The number of morpholine rings is 1. The lowest BCUT2D eigenvalue weighted by Gasteiger charge is -2.30. The van der Waals surface area contributed by atoms with Gasteiger partial charge in [-0.3, -0.25) is 9.69 Å². The molecule has 0 atom stereocenters. The lowest BCUT2D eigenvalue weighted by atomic mass is 9.91. The molecule has 1 aliphatic carbocycles. The van der Waals surface area contributed by atoms with E-state index in [-0.39, 0.29) is 11.9 Å². The largest absolute Gasteiger partial charge is 0.379 e. The molecule has 39 heavy (non-hydrogen) atoms. The fraction of sp³-hybridized carbons (Fsp3) is 0.548. The highest BCUT2D eigenvalue weighted by Gasteiger charge is 2.25.